The van der Waals surface area contributed by atoms with Gasteiger partial charge >= 0.3 is 0 Å². The molecule has 0 saturated carbocycles. The molecule has 0 saturated heterocycles. The van der Waals surface area contributed by atoms with Gasteiger partial charge < -0.3 is 0 Å². The Morgan fingerprint density at radius 3 is 1.76 bits per heavy atom. The van der Waals surface area contributed by atoms with Crippen molar-refractivity contribution in [2.75, 3.05) is 0 Å². The molecule has 2 heterocycles. The average Bonchev–Trinajstić information content (AvgIpc) is 2.79. The van der Waals surface area contributed by atoms with E-state index in [1.165, 1.54) is 16.7 Å². The Balaban J connectivity index is 1.64. The molecule has 0 fully saturated rings. The molecule has 0 aliphatic rings. The second-order valence-electron chi connectivity index (χ2n) is 7.09. The van der Waals surface area contributed by atoms with Crippen LogP contribution in [0.2, 0.25) is 0 Å². The van der Waals surface area contributed by atoms with Crippen molar-refractivity contribution in [2.45, 2.75) is 6.92 Å². The molecule has 0 unspecified atom stereocenters. The lowest BCUT2D eigenvalue weighted by atomic mass is 9.99. The fraction of sp³-hybridized carbons (Fsp3) is 0.0385. The van der Waals surface area contributed by atoms with E-state index in [-0.39, 0.29) is 0 Å². The van der Waals surface area contributed by atoms with Crippen molar-refractivity contribution in [2.24, 2.45) is 0 Å². The highest BCUT2D eigenvalue weighted by atomic mass is 14.8. The highest BCUT2D eigenvalue weighted by molar-refractivity contribution is 5.86. The number of pyridine rings is 1. The number of rotatable bonds is 3. The van der Waals surface area contributed by atoms with E-state index in [1.54, 1.807) is 12.4 Å². The highest BCUT2D eigenvalue weighted by Gasteiger charge is 2.13. The van der Waals surface area contributed by atoms with Gasteiger partial charge in [0, 0.05) is 17.3 Å². The first-order valence-electron chi connectivity index (χ1n) is 9.62. The van der Waals surface area contributed by atoms with Crippen molar-refractivity contribution in [3.05, 3.63) is 103 Å². The van der Waals surface area contributed by atoms with Gasteiger partial charge in [-0.25, -0.2) is 9.97 Å². The second-order valence-corrected chi connectivity index (χ2v) is 7.09. The molecular weight excluding hydrogens is 354 g/mol. The molecule has 0 bridgehead atoms. The van der Waals surface area contributed by atoms with Gasteiger partial charge in [-0.1, -0.05) is 84.4 Å². The molecule has 29 heavy (non-hydrogen) atoms. The molecule has 2 aromatic heterocycles. The van der Waals surface area contributed by atoms with Crippen LogP contribution in [0, 0.1) is 6.92 Å². The van der Waals surface area contributed by atoms with Crippen LogP contribution in [0.15, 0.2) is 97.3 Å². The predicted octanol–water partition coefficient (Wildman–Crippen LogP) is 6.33. The Labute approximate surface area is 169 Å². The van der Waals surface area contributed by atoms with Crippen molar-refractivity contribution < 1.29 is 0 Å². The highest BCUT2D eigenvalue weighted by Crippen LogP contribution is 2.32. The zero-order valence-corrected chi connectivity index (χ0v) is 16.1. The second kappa shape index (κ2) is 7.28. The van der Waals surface area contributed by atoms with Crippen LogP contribution in [0.4, 0.5) is 0 Å². The third-order valence-electron chi connectivity index (χ3n) is 5.06. The third kappa shape index (κ3) is 3.39. The summed E-state index contributed by atoms with van der Waals surface area (Å²) in [6.07, 6.45) is 3.52. The first-order chi connectivity index (χ1) is 14.3. The molecule has 138 valence electrons. The van der Waals surface area contributed by atoms with Crippen LogP contribution in [0.25, 0.3) is 44.7 Å². The largest absolute Gasteiger partial charge is 0.262 e. The SMILES string of the molecule is Cc1ccc(-c2ccc(-c3nc4ccncc4nc3-c3ccccc3)cc2)cc1. The quantitative estimate of drug-likeness (QED) is 0.371. The Morgan fingerprint density at radius 1 is 0.517 bits per heavy atom. The van der Waals surface area contributed by atoms with E-state index >= 15 is 0 Å². The van der Waals surface area contributed by atoms with Gasteiger partial charge in [0.2, 0.25) is 0 Å². The fourth-order valence-electron chi connectivity index (χ4n) is 3.47. The van der Waals surface area contributed by atoms with Gasteiger partial charge in [0.25, 0.3) is 0 Å². The van der Waals surface area contributed by atoms with E-state index in [2.05, 4.69) is 72.6 Å². The third-order valence-corrected chi connectivity index (χ3v) is 5.06. The van der Waals surface area contributed by atoms with Gasteiger partial charge in [-0.3, -0.25) is 4.98 Å². The van der Waals surface area contributed by atoms with Crippen LogP contribution in [-0.2, 0) is 0 Å². The summed E-state index contributed by atoms with van der Waals surface area (Å²) in [4.78, 5) is 14.0. The Kier molecular flexibility index (Phi) is 4.34. The molecule has 0 spiro atoms. The van der Waals surface area contributed by atoms with E-state index < -0.39 is 0 Å². The van der Waals surface area contributed by atoms with Crippen molar-refractivity contribution in [1.29, 1.82) is 0 Å². The van der Waals surface area contributed by atoms with Gasteiger partial charge in [0.05, 0.1) is 23.1 Å². The smallest absolute Gasteiger partial charge is 0.108 e. The fourth-order valence-corrected chi connectivity index (χ4v) is 3.47. The maximum absolute atomic E-state index is 4.93. The summed E-state index contributed by atoms with van der Waals surface area (Å²) in [6.45, 7) is 2.10. The number of aromatic nitrogens is 3. The minimum absolute atomic E-state index is 0.798. The van der Waals surface area contributed by atoms with E-state index in [0.717, 1.165) is 33.5 Å². The lowest BCUT2D eigenvalue weighted by Crippen LogP contribution is -1.96. The van der Waals surface area contributed by atoms with E-state index in [0.29, 0.717) is 0 Å². The zero-order valence-electron chi connectivity index (χ0n) is 16.1. The zero-order chi connectivity index (χ0) is 19.6. The summed E-state index contributed by atoms with van der Waals surface area (Å²) in [5, 5.41) is 0. The molecule has 0 aliphatic carbocycles. The average molecular weight is 373 g/mol. The predicted molar refractivity (Wildman–Crippen MR) is 118 cm³/mol. The van der Waals surface area contributed by atoms with Crippen molar-refractivity contribution in [3.63, 3.8) is 0 Å². The Bertz CT molecular complexity index is 1280. The molecule has 3 nitrogen and oxygen atoms in total. The van der Waals surface area contributed by atoms with Gasteiger partial charge in [0.15, 0.2) is 0 Å². The van der Waals surface area contributed by atoms with Crippen LogP contribution in [0.3, 0.4) is 0 Å². The summed E-state index contributed by atoms with van der Waals surface area (Å²) < 4.78 is 0. The van der Waals surface area contributed by atoms with Crippen LogP contribution < -0.4 is 0 Å². The van der Waals surface area contributed by atoms with Crippen molar-refractivity contribution in [3.8, 4) is 33.6 Å². The molecule has 0 atom stereocenters. The number of fused-ring (bicyclic) bond motifs is 1. The molecule has 0 aliphatic heterocycles. The minimum atomic E-state index is 0.798. The molecular formula is C26H19N3. The standard InChI is InChI=1S/C26H19N3/c1-18-7-9-19(10-8-18)20-11-13-22(14-12-20)26-25(21-5-3-2-4-6-21)29-24-17-27-16-15-23(24)28-26/h2-17H,1H3. The lowest BCUT2D eigenvalue weighted by Gasteiger charge is -2.11. The van der Waals surface area contributed by atoms with Crippen LogP contribution in [-0.4, -0.2) is 15.0 Å². The summed E-state index contributed by atoms with van der Waals surface area (Å²) in [6, 6.07) is 29.2. The topological polar surface area (TPSA) is 38.7 Å². The maximum Gasteiger partial charge on any atom is 0.108 e. The van der Waals surface area contributed by atoms with E-state index in [9.17, 15) is 0 Å². The molecule has 5 rings (SSSR count). The normalized spacial score (nSPS) is 10.9. The van der Waals surface area contributed by atoms with Gasteiger partial charge in [-0.15, -0.1) is 0 Å². The van der Waals surface area contributed by atoms with Crippen LogP contribution in [0.5, 0.6) is 0 Å². The lowest BCUT2D eigenvalue weighted by molar-refractivity contribution is 1.25. The number of nitrogens with zero attached hydrogens (tertiary/aromatic N) is 3. The molecule has 0 amide bonds. The molecule has 0 N–H and O–H groups in total. The van der Waals surface area contributed by atoms with Crippen LogP contribution >= 0.6 is 0 Å². The maximum atomic E-state index is 4.93. The number of hydrogen-bond acceptors (Lipinski definition) is 3. The minimum Gasteiger partial charge on any atom is -0.262 e. The monoisotopic (exact) mass is 373 g/mol. The van der Waals surface area contributed by atoms with Gasteiger partial charge in [0.1, 0.15) is 5.52 Å². The molecule has 3 heteroatoms. The van der Waals surface area contributed by atoms with E-state index in [4.69, 9.17) is 9.97 Å². The number of hydrogen-bond donors (Lipinski definition) is 0. The first kappa shape index (κ1) is 17.3. The molecule has 5 aromatic rings. The summed E-state index contributed by atoms with van der Waals surface area (Å²) in [5.41, 5.74) is 9.14. The van der Waals surface area contributed by atoms with Gasteiger partial charge in [-0.05, 0) is 24.1 Å². The Hall–Kier alpha value is -3.85. The van der Waals surface area contributed by atoms with Crippen molar-refractivity contribution in [1.82, 2.24) is 15.0 Å². The van der Waals surface area contributed by atoms with Crippen molar-refractivity contribution >= 4 is 11.0 Å². The number of aryl methyl sites for hydroxylation is 1. The Morgan fingerprint density at radius 2 is 1.07 bits per heavy atom. The van der Waals surface area contributed by atoms with Gasteiger partial charge in [-0.2, -0.15) is 0 Å². The molecule has 3 aromatic carbocycles. The van der Waals surface area contributed by atoms with E-state index in [1.807, 2.05) is 24.3 Å². The number of benzene rings is 3. The molecule has 0 radical (unpaired) electrons. The summed E-state index contributed by atoms with van der Waals surface area (Å²) in [7, 11) is 0. The summed E-state index contributed by atoms with van der Waals surface area (Å²) in [5.74, 6) is 0. The first-order valence-corrected chi connectivity index (χ1v) is 9.62. The summed E-state index contributed by atoms with van der Waals surface area (Å²) >= 11 is 0. The van der Waals surface area contributed by atoms with Crippen LogP contribution in [0.1, 0.15) is 5.56 Å².